The van der Waals surface area contributed by atoms with Gasteiger partial charge in [-0.05, 0) is 26.3 Å². The number of anilines is 2. The minimum absolute atomic E-state index is 0.104. The van der Waals surface area contributed by atoms with Crippen LogP contribution < -0.4 is 10.2 Å². The molecule has 2 aromatic heterocycles. The summed E-state index contributed by atoms with van der Waals surface area (Å²) < 4.78 is 54.3. The van der Waals surface area contributed by atoms with Crippen LogP contribution in [-0.2, 0) is 0 Å². The largest absolute Gasteiger partial charge is 0.367 e. The summed E-state index contributed by atoms with van der Waals surface area (Å²) in [6.45, 7) is 4.33. The third kappa shape index (κ3) is 3.76. The van der Waals surface area contributed by atoms with E-state index >= 15 is 0 Å². The first-order valence-electron chi connectivity index (χ1n) is 9.70. The van der Waals surface area contributed by atoms with Gasteiger partial charge in [-0.2, -0.15) is 5.10 Å². The Morgan fingerprint density at radius 3 is 2.67 bits per heavy atom. The molecular weight excluding hydrogens is 398 g/mol. The first-order chi connectivity index (χ1) is 14.3. The van der Waals surface area contributed by atoms with Gasteiger partial charge < -0.3 is 10.2 Å². The number of hydrogen-bond donors (Lipinski definition) is 1. The van der Waals surface area contributed by atoms with Crippen LogP contribution in [0.3, 0.4) is 0 Å². The summed E-state index contributed by atoms with van der Waals surface area (Å²) in [4.78, 5) is 6.37. The van der Waals surface area contributed by atoms with Crippen molar-refractivity contribution >= 4 is 22.4 Å². The molecule has 3 aromatic rings. The molecule has 1 N–H and O–H groups in total. The number of aryl methyl sites for hydroxylation is 1. The summed E-state index contributed by atoms with van der Waals surface area (Å²) in [5.41, 5.74) is 1.45. The number of halogens is 4. The lowest BCUT2D eigenvalue weighted by Gasteiger charge is -2.20. The van der Waals surface area contributed by atoms with Crippen molar-refractivity contribution in [3.05, 3.63) is 53.1 Å². The molecular formula is C21H21F4N5. The number of aromatic nitrogens is 3. The third-order valence-electron chi connectivity index (χ3n) is 5.38. The van der Waals surface area contributed by atoms with Gasteiger partial charge in [-0.25, -0.2) is 17.6 Å². The molecule has 5 nitrogen and oxygen atoms in total. The van der Waals surface area contributed by atoms with Gasteiger partial charge in [0.15, 0.2) is 5.82 Å². The summed E-state index contributed by atoms with van der Waals surface area (Å²) in [6.07, 6.45) is -1.63. The second-order valence-electron chi connectivity index (χ2n) is 7.47. The van der Waals surface area contributed by atoms with E-state index < -0.39 is 30.0 Å². The van der Waals surface area contributed by atoms with Crippen LogP contribution in [0.25, 0.3) is 10.9 Å². The zero-order valence-electron chi connectivity index (χ0n) is 16.5. The van der Waals surface area contributed by atoms with Crippen molar-refractivity contribution in [1.29, 1.82) is 0 Å². The van der Waals surface area contributed by atoms with Gasteiger partial charge in [0.1, 0.15) is 12.0 Å². The van der Waals surface area contributed by atoms with Gasteiger partial charge in [-0.3, -0.25) is 4.98 Å². The highest BCUT2D eigenvalue weighted by Crippen LogP contribution is 2.32. The zero-order valence-corrected chi connectivity index (χ0v) is 16.5. The van der Waals surface area contributed by atoms with Crippen LogP contribution >= 0.6 is 0 Å². The van der Waals surface area contributed by atoms with Crippen LogP contribution in [-0.4, -0.2) is 34.4 Å². The number of rotatable bonds is 5. The van der Waals surface area contributed by atoms with E-state index in [1.165, 1.54) is 12.1 Å². The fourth-order valence-corrected chi connectivity index (χ4v) is 3.73. The number of fused-ring (bicyclic) bond motifs is 1. The van der Waals surface area contributed by atoms with E-state index in [4.69, 9.17) is 0 Å². The van der Waals surface area contributed by atoms with Gasteiger partial charge in [-0.1, -0.05) is 18.2 Å². The zero-order chi connectivity index (χ0) is 21.4. The summed E-state index contributed by atoms with van der Waals surface area (Å²) in [7, 11) is 0. The lowest BCUT2D eigenvalue weighted by molar-refractivity contribution is 0.146. The molecule has 1 unspecified atom stereocenters. The molecule has 4 rings (SSSR count). The van der Waals surface area contributed by atoms with Crippen LogP contribution in [0.2, 0.25) is 0 Å². The lowest BCUT2D eigenvalue weighted by atomic mass is 10.0. The number of alkyl halides is 3. The summed E-state index contributed by atoms with van der Waals surface area (Å²) in [5.74, 6) is -0.586. The molecule has 0 saturated carbocycles. The maximum Gasteiger partial charge on any atom is 0.266 e. The van der Waals surface area contributed by atoms with Crippen molar-refractivity contribution in [2.45, 2.75) is 38.9 Å². The normalized spacial score (nSPS) is 17.7. The van der Waals surface area contributed by atoms with E-state index in [2.05, 4.69) is 20.5 Å². The molecule has 0 spiro atoms. The van der Waals surface area contributed by atoms with Gasteiger partial charge in [0, 0.05) is 24.0 Å². The molecule has 0 radical (unpaired) electrons. The van der Waals surface area contributed by atoms with Crippen LogP contribution in [0.15, 0.2) is 30.5 Å². The molecule has 1 fully saturated rings. The number of benzene rings is 1. The van der Waals surface area contributed by atoms with Gasteiger partial charge in [0.2, 0.25) is 0 Å². The average molecular weight is 419 g/mol. The molecule has 0 aliphatic carbocycles. The maximum absolute atomic E-state index is 14.5. The number of pyridine rings is 1. The first kappa shape index (κ1) is 20.3. The van der Waals surface area contributed by atoms with Crippen LogP contribution in [0.4, 0.5) is 29.1 Å². The fourth-order valence-electron chi connectivity index (χ4n) is 3.73. The van der Waals surface area contributed by atoms with E-state index in [1.54, 1.807) is 20.0 Å². The van der Waals surface area contributed by atoms with E-state index in [-0.39, 0.29) is 5.56 Å². The molecule has 0 bridgehead atoms. The Morgan fingerprint density at radius 2 is 1.97 bits per heavy atom. The topological polar surface area (TPSA) is 53.9 Å². The number of nitrogens with zero attached hydrogens (tertiary/aromatic N) is 4. The SMILES string of the molecule is Cc1nnc(NC(C)c2cccc(C(F)F)c2F)c2cc(N3CC[C@@H](F)C3)cnc12. The Balaban J connectivity index is 1.70. The fraction of sp³-hybridized carbons (Fsp3) is 0.381. The van der Waals surface area contributed by atoms with Gasteiger partial charge >= 0.3 is 0 Å². The van der Waals surface area contributed by atoms with Gasteiger partial charge in [-0.15, -0.1) is 5.10 Å². The molecule has 9 heteroatoms. The molecule has 158 valence electrons. The molecule has 1 aliphatic heterocycles. The maximum atomic E-state index is 14.5. The standard InChI is InChI=1S/C21H21F4N5/c1-11(15-4-3-5-16(18(15)23)20(24)25)27-21-17-8-14(30-7-6-13(22)10-30)9-26-19(17)12(2)28-29-21/h3-5,8-9,11,13,20H,6-7,10H2,1-2H3,(H,27,29)/t11?,13-/m1/s1. The molecule has 30 heavy (non-hydrogen) atoms. The van der Waals surface area contributed by atoms with Crippen molar-refractivity contribution in [2.75, 3.05) is 23.3 Å². The minimum atomic E-state index is -2.90. The molecule has 0 amide bonds. The number of hydrogen-bond acceptors (Lipinski definition) is 5. The Labute approximate surface area is 171 Å². The molecule has 3 heterocycles. The van der Waals surface area contributed by atoms with Crippen LogP contribution in [0.1, 0.15) is 42.6 Å². The lowest BCUT2D eigenvalue weighted by Crippen LogP contribution is -2.20. The van der Waals surface area contributed by atoms with Gasteiger partial charge in [0.05, 0.1) is 34.7 Å². The summed E-state index contributed by atoms with van der Waals surface area (Å²) >= 11 is 0. The number of nitrogens with one attached hydrogen (secondary N) is 1. The Hall–Kier alpha value is -2.97. The third-order valence-corrected chi connectivity index (χ3v) is 5.38. The van der Waals surface area contributed by atoms with Crippen molar-refractivity contribution < 1.29 is 17.6 Å². The summed E-state index contributed by atoms with van der Waals surface area (Å²) in [5, 5.41) is 12.0. The molecule has 1 saturated heterocycles. The highest BCUT2D eigenvalue weighted by Gasteiger charge is 2.24. The van der Waals surface area contributed by atoms with Crippen molar-refractivity contribution in [1.82, 2.24) is 15.2 Å². The van der Waals surface area contributed by atoms with Gasteiger partial charge in [0.25, 0.3) is 6.43 Å². The highest BCUT2D eigenvalue weighted by atomic mass is 19.3. The Morgan fingerprint density at radius 1 is 1.20 bits per heavy atom. The average Bonchev–Trinajstić information content (AvgIpc) is 3.16. The van der Waals surface area contributed by atoms with Crippen molar-refractivity contribution in [3.63, 3.8) is 0 Å². The second kappa shape index (κ2) is 8.04. The van der Waals surface area contributed by atoms with E-state index in [9.17, 15) is 17.6 Å². The highest BCUT2D eigenvalue weighted by molar-refractivity contribution is 5.92. The molecule has 1 aromatic carbocycles. The first-order valence-corrected chi connectivity index (χ1v) is 9.70. The quantitative estimate of drug-likeness (QED) is 0.581. The Kier molecular flexibility index (Phi) is 5.44. The minimum Gasteiger partial charge on any atom is -0.367 e. The van der Waals surface area contributed by atoms with E-state index in [1.807, 2.05) is 11.0 Å². The Bertz CT molecular complexity index is 1070. The molecule has 2 atom stereocenters. The van der Waals surface area contributed by atoms with E-state index in [0.717, 1.165) is 11.8 Å². The second-order valence-corrected chi connectivity index (χ2v) is 7.47. The predicted octanol–water partition coefficient (Wildman–Crippen LogP) is 5.13. The van der Waals surface area contributed by atoms with Crippen molar-refractivity contribution in [3.8, 4) is 0 Å². The molecule has 1 aliphatic rings. The summed E-state index contributed by atoms with van der Waals surface area (Å²) in [6, 6.07) is 5.13. The van der Waals surface area contributed by atoms with Crippen molar-refractivity contribution in [2.24, 2.45) is 0 Å². The monoisotopic (exact) mass is 419 g/mol. The predicted molar refractivity (Wildman–Crippen MR) is 107 cm³/mol. The van der Waals surface area contributed by atoms with Crippen LogP contribution in [0.5, 0.6) is 0 Å². The van der Waals surface area contributed by atoms with E-state index in [0.29, 0.717) is 41.9 Å². The smallest absolute Gasteiger partial charge is 0.266 e. The van der Waals surface area contributed by atoms with Crippen LogP contribution in [0, 0.1) is 12.7 Å².